The number of amides is 1. The molecule has 0 radical (unpaired) electrons. The third-order valence-corrected chi connectivity index (χ3v) is 4.74. The van der Waals surface area contributed by atoms with Crippen LogP contribution in [0.3, 0.4) is 0 Å². The molecule has 1 aromatic heterocycles. The van der Waals surface area contributed by atoms with Crippen LogP contribution < -0.4 is 10.6 Å². The fraction of sp³-hybridized carbons (Fsp3) is 0.476. The van der Waals surface area contributed by atoms with Crippen molar-refractivity contribution < 1.29 is 9.53 Å². The summed E-state index contributed by atoms with van der Waals surface area (Å²) >= 11 is 0. The summed E-state index contributed by atoms with van der Waals surface area (Å²) in [6, 6.07) is 9.58. The number of nitrogens with zero attached hydrogens (tertiary/aromatic N) is 4. The average molecular weight is 399 g/mol. The van der Waals surface area contributed by atoms with Gasteiger partial charge in [0, 0.05) is 50.7 Å². The number of benzene rings is 1. The van der Waals surface area contributed by atoms with Gasteiger partial charge in [0.15, 0.2) is 5.96 Å². The van der Waals surface area contributed by atoms with Crippen LogP contribution in [-0.4, -0.2) is 59.9 Å². The van der Waals surface area contributed by atoms with E-state index in [4.69, 9.17) is 9.73 Å². The molecule has 1 amide bonds. The number of hydrogen-bond donors (Lipinski definition) is 2. The van der Waals surface area contributed by atoms with E-state index in [1.807, 2.05) is 24.3 Å². The minimum atomic E-state index is -0.110. The van der Waals surface area contributed by atoms with Crippen LogP contribution in [0, 0.1) is 5.92 Å². The molecule has 1 saturated heterocycles. The second-order valence-corrected chi connectivity index (χ2v) is 7.23. The van der Waals surface area contributed by atoms with E-state index in [0.717, 1.165) is 49.9 Å². The van der Waals surface area contributed by atoms with Gasteiger partial charge in [-0.05, 0) is 37.1 Å². The van der Waals surface area contributed by atoms with Crippen molar-refractivity contribution >= 4 is 17.6 Å². The van der Waals surface area contributed by atoms with Gasteiger partial charge in [-0.2, -0.15) is 5.10 Å². The summed E-state index contributed by atoms with van der Waals surface area (Å²) in [5.41, 5.74) is 1.80. The highest BCUT2D eigenvalue weighted by atomic mass is 16.5. The Kier molecular flexibility index (Phi) is 7.63. The highest BCUT2D eigenvalue weighted by Gasteiger charge is 2.19. The molecule has 8 heteroatoms. The van der Waals surface area contributed by atoms with Crippen LogP contribution in [0.5, 0.6) is 0 Å². The van der Waals surface area contributed by atoms with Crippen LogP contribution in [0.4, 0.5) is 5.69 Å². The van der Waals surface area contributed by atoms with Crippen molar-refractivity contribution in [2.45, 2.75) is 26.4 Å². The highest BCUT2D eigenvalue weighted by Crippen LogP contribution is 2.14. The van der Waals surface area contributed by atoms with Crippen molar-refractivity contribution in [2.75, 3.05) is 38.7 Å². The smallest absolute Gasteiger partial charge is 0.246 e. The van der Waals surface area contributed by atoms with Gasteiger partial charge in [0.2, 0.25) is 5.91 Å². The number of rotatable bonds is 8. The molecule has 0 bridgehead atoms. The average Bonchev–Trinajstić information content (AvgIpc) is 3.39. The maximum atomic E-state index is 12.2. The summed E-state index contributed by atoms with van der Waals surface area (Å²) in [5, 5.41) is 10.3. The summed E-state index contributed by atoms with van der Waals surface area (Å²) in [5.74, 6) is 1.32. The first-order valence-electron chi connectivity index (χ1n) is 10.1. The third kappa shape index (κ3) is 6.60. The van der Waals surface area contributed by atoms with Crippen LogP contribution in [0.2, 0.25) is 0 Å². The van der Waals surface area contributed by atoms with Crippen molar-refractivity contribution in [2.24, 2.45) is 10.9 Å². The van der Waals surface area contributed by atoms with E-state index in [1.165, 1.54) is 0 Å². The molecule has 3 rings (SSSR count). The van der Waals surface area contributed by atoms with E-state index in [1.54, 1.807) is 23.1 Å². The van der Waals surface area contributed by atoms with Crippen LogP contribution >= 0.6 is 0 Å². The van der Waals surface area contributed by atoms with Crippen molar-refractivity contribution in [3.63, 3.8) is 0 Å². The predicted molar refractivity (Wildman–Crippen MR) is 114 cm³/mol. The SMILES string of the molecule is CCNC(=NCc1cccc(NC(=O)Cn2cccn2)c1)N(C)CC1CCOC1. The highest BCUT2D eigenvalue weighted by molar-refractivity contribution is 5.90. The van der Waals surface area contributed by atoms with Gasteiger partial charge in [-0.3, -0.25) is 9.48 Å². The first-order chi connectivity index (χ1) is 14.1. The Bertz CT molecular complexity index is 799. The first kappa shape index (κ1) is 20.9. The third-order valence-electron chi connectivity index (χ3n) is 4.74. The molecule has 2 aromatic rings. The molecule has 1 atom stereocenters. The molecule has 1 fully saturated rings. The molecule has 29 heavy (non-hydrogen) atoms. The number of carbonyl (C=O) groups excluding carboxylic acids is 1. The molecule has 1 aliphatic heterocycles. The molecule has 156 valence electrons. The maximum Gasteiger partial charge on any atom is 0.246 e. The Morgan fingerprint density at radius 2 is 2.31 bits per heavy atom. The quantitative estimate of drug-likeness (QED) is 0.525. The zero-order chi connectivity index (χ0) is 20.5. The van der Waals surface area contributed by atoms with Crippen molar-refractivity contribution in [1.82, 2.24) is 20.0 Å². The standard InChI is InChI=1S/C21H30N6O2/c1-3-22-21(26(2)14-18-8-11-29-16-18)23-13-17-6-4-7-19(12-17)25-20(28)15-27-10-5-9-24-27/h4-7,9-10,12,18H,3,8,11,13-16H2,1-2H3,(H,22,23)(H,25,28). The number of guanidine groups is 1. The van der Waals surface area contributed by atoms with Crippen LogP contribution in [0.25, 0.3) is 0 Å². The molecule has 2 heterocycles. The van der Waals surface area contributed by atoms with Crippen molar-refractivity contribution in [3.8, 4) is 0 Å². The number of aromatic nitrogens is 2. The van der Waals surface area contributed by atoms with E-state index < -0.39 is 0 Å². The second kappa shape index (κ2) is 10.6. The summed E-state index contributed by atoms with van der Waals surface area (Å²) in [6.45, 7) is 6.21. The van der Waals surface area contributed by atoms with Gasteiger partial charge in [-0.1, -0.05) is 12.1 Å². The topological polar surface area (TPSA) is 83.8 Å². The lowest BCUT2D eigenvalue weighted by molar-refractivity contribution is -0.116. The van der Waals surface area contributed by atoms with Crippen LogP contribution in [0.1, 0.15) is 18.9 Å². The molecule has 8 nitrogen and oxygen atoms in total. The molecule has 1 unspecified atom stereocenters. The number of carbonyl (C=O) groups is 1. The Balaban J connectivity index is 1.58. The summed E-state index contributed by atoms with van der Waals surface area (Å²) in [6.07, 6.45) is 4.52. The molecule has 1 aromatic carbocycles. The fourth-order valence-electron chi connectivity index (χ4n) is 3.33. The number of hydrogen-bond acceptors (Lipinski definition) is 4. The molecule has 0 aliphatic carbocycles. The Hall–Kier alpha value is -2.87. The molecule has 0 spiro atoms. The van der Waals surface area contributed by atoms with E-state index in [0.29, 0.717) is 12.5 Å². The molecular weight excluding hydrogens is 368 g/mol. The van der Waals surface area contributed by atoms with Gasteiger partial charge < -0.3 is 20.3 Å². The first-order valence-corrected chi connectivity index (χ1v) is 10.1. The Labute approximate surface area is 171 Å². The van der Waals surface area contributed by atoms with E-state index in [-0.39, 0.29) is 12.5 Å². The summed E-state index contributed by atoms with van der Waals surface area (Å²) < 4.78 is 7.07. The van der Waals surface area contributed by atoms with E-state index in [2.05, 4.69) is 34.6 Å². The zero-order valence-corrected chi connectivity index (χ0v) is 17.2. The minimum absolute atomic E-state index is 0.110. The van der Waals surface area contributed by atoms with Crippen molar-refractivity contribution in [1.29, 1.82) is 0 Å². The van der Waals surface area contributed by atoms with E-state index in [9.17, 15) is 4.79 Å². The monoisotopic (exact) mass is 398 g/mol. The van der Waals surface area contributed by atoms with Gasteiger partial charge in [-0.25, -0.2) is 4.99 Å². The summed E-state index contributed by atoms with van der Waals surface area (Å²) in [7, 11) is 2.06. The largest absolute Gasteiger partial charge is 0.381 e. The van der Waals surface area contributed by atoms with Gasteiger partial charge in [0.1, 0.15) is 6.54 Å². The van der Waals surface area contributed by atoms with Gasteiger partial charge >= 0.3 is 0 Å². The lowest BCUT2D eigenvalue weighted by Gasteiger charge is -2.24. The van der Waals surface area contributed by atoms with Gasteiger partial charge in [0.25, 0.3) is 0 Å². The fourth-order valence-corrected chi connectivity index (χ4v) is 3.33. The van der Waals surface area contributed by atoms with Gasteiger partial charge in [0.05, 0.1) is 13.2 Å². The molecular formula is C21H30N6O2. The minimum Gasteiger partial charge on any atom is -0.381 e. The molecule has 1 aliphatic rings. The van der Waals surface area contributed by atoms with Crippen molar-refractivity contribution in [3.05, 3.63) is 48.3 Å². The Morgan fingerprint density at radius 3 is 3.03 bits per heavy atom. The number of aliphatic imine (C=N–C) groups is 1. The lowest BCUT2D eigenvalue weighted by atomic mass is 10.1. The Morgan fingerprint density at radius 1 is 1.41 bits per heavy atom. The predicted octanol–water partition coefficient (Wildman–Crippen LogP) is 1.96. The number of ether oxygens (including phenoxy) is 1. The van der Waals surface area contributed by atoms with E-state index >= 15 is 0 Å². The lowest BCUT2D eigenvalue weighted by Crippen LogP contribution is -2.41. The van der Waals surface area contributed by atoms with Crippen LogP contribution in [0.15, 0.2) is 47.7 Å². The second-order valence-electron chi connectivity index (χ2n) is 7.23. The molecule has 0 saturated carbocycles. The van der Waals surface area contributed by atoms with Gasteiger partial charge in [-0.15, -0.1) is 0 Å². The van der Waals surface area contributed by atoms with Crippen LogP contribution in [-0.2, 0) is 22.6 Å². The number of nitrogens with one attached hydrogen (secondary N) is 2. The normalized spacial score (nSPS) is 16.6. The zero-order valence-electron chi connectivity index (χ0n) is 17.2. The molecule has 2 N–H and O–H groups in total. The maximum absolute atomic E-state index is 12.2. The summed E-state index contributed by atoms with van der Waals surface area (Å²) in [4.78, 5) is 19.1. The number of anilines is 1.